The first-order chi connectivity index (χ1) is 11.5. The molecule has 3 rings (SSSR count). The summed E-state index contributed by atoms with van der Waals surface area (Å²) in [7, 11) is 1.92. The highest BCUT2D eigenvalue weighted by Gasteiger charge is 2.31. The van der Waals surface area contributed by atoms with Gasteiger partial charge in [0.25, 0.3) is 0 Å². The molecule has 7 heteroatoms. The van der Waals surface area contributed by atoms with E-state index < -0.39 is 0 Å². The van der Waals surface area contributed by atoms with Crippen molar-refractivity contribution in [1.29, 1.82) is 0 Å². The Morgan fingerprint density at radius 2 is 2.12 bits per heavy atom. The molecule has 0 saturated carbocycles. The van der Waals surface area contributed by atoms with E-state index in [4.69, 9.17) is 0 Å². The van der Waals surface area contributed by atoms with E-state index in [0.717, 1.165) is 9.47 Å². The molecule has 0 spiro atoms. The van der Waals surface area contributed by atoms with E-state index >= 15 is 0 Å². The monoisotopic (exact) mass is 407 g/mol. The van der Waals surface area contributed by atoms with Crippen molar-refractivity contribution < 1.29 is 9.59 Å². The number of rotatable bonds is 4. The van der Waals surface area contributed by atoms with Crippen LogP contribution >= 0.6 is 27.3 Å². The van der Waals surface area contributed by atoms with Gasteiger partial charge >= 0.3 is 0 Å². The molecular weight excluding hydrogens is 390 g/mol. The van der Waals surface area contributed by atoms with Crippen LogP contribution in [0.15, 0.2) is 40.2 Å². The quantitative estimate of drug-likeness (QED) is 0.845. The standard InChI is InChI=1S/C17H18BrN3O2S/c1-11(20(2)9-12-7-8-15(18)24-12)17(23)21-10-16(22)19-13-5-3-4-6-14(13)21/h3-8,11H,9-10H2,1-2H3,(H,19,22)/t11-/m0/s1. The number of carbonyl (C=O) groups excluding carboxylic acids is 2. The van der Waals surface area contributed by atoms with Gasteiger partial charge in [-0.2, -0.15) is 0 Å². The van der Waals surface area contributed by atoms with Crippen molar-refractivity contribution in [2.75, 3.05) is 23.8 Å². The minimum Gasteiger partial charge on any atom is -0.323 e. The number of halogens is 1. The van der Waals surface area contributed by atoms with Crippen LogP contribution in [-0.4, -0.2) is 36.3 Å². The zero-order valence-corrected chi connectivity index (χ0v) is 15.9. The number of nitrogens with one attached hydrogen (secondary N) is 1. The van der Waals surface area contributed by atoms with E-state index in [2.05, 4.69) is 21.2 Å². The van der Waals surface area contributed by atoms with Gasteiger partial charge in [0.15, 0.2) is 0 Å². The Morgan fingerprint density at radius 3 is 2.83 bits per heavy atom. The van der Waals surface area contributed by atoms with Crippen molar-refractivity contribution in [1.82, 2.24) is 4.90 Å². The van der Waals surface area contributed by atoms with E-state index in [1.54, 1.807) is 16.2 Å². The van der Waals surface area contributed by atoms with Gasteiger partial charge in [-0.15, -0.1) is 11.3 Å². The Morgan fingerprint density at radius 1 is 1.38 bits per heavy atom. The molecular formula is C17H18BrN3O2S. The summed E-state index contributed by atoms with van der Waals surface area (Å²) in [5, 5.41) is 2.81. The number of amides is 2. The Labute approximate surface area is 153 Å². The second-order valence-electron chi connectivity index (χ2n) is 5.79. The second kappa shape index (κ2) is 7.04. The molecule has 24 heavy (non-hydrogen) atoms. The summed E-state index contributed by atoms with van der Waals surface area (Å²) in [6, 6.07) is 11.1. The molecule has 2 heterocycles. The molecule has 2 aromatic rings. The third-order valence-corrected chi connectivity index (χ3v) is 5.70. The zero-order chi connectivity index (χ0) is 17.3. The first-order valence-corrected chi connectivity index (χ1v) is 9.21. The lowest BCUT2D eigenvalue weighted by atomic mass is 10.1. The van der Waals surface area contributed by atoms with Crippen LogP contribution in [0.2, 0.25) is 0 Å². The third kappa shape index (κ3) is 3.53. The third-order valence-electron chi connectivity index (χ3n) is 4.09. The predicted octanol–water partition coefficient (Wildman–Crippen LogP) is 3.32. The average molecular weight is 408 g/mol. The van der Waals surface area contributed by atoms with Crippen LogP contribution in [0.5, 0.6) is 0 Å². The lowest BCUT2D eigenvalue weighted by Gasteiger charge is -2.33. The van der Waals surface area contributed by atoms with Gasteiger partial charge in [-0.1, -0.05) is 12.1 Å². The van der Waals surface area contributed by atoms with E-state index in [1.165, 1.54) is 4.88 Å². The molecule has 0 radical (unpaired) electrons. The number of fused-ring (bicyclic) bond motifs is 1. The van der Waals surface area contributed by atoms with Crippen LogP contribution in [-0.2, 0) is 16.1 Å². The Hall–Kier alpha value is -1.70. The molecule has 1 N–H and O–H groups in total. The molecule has 0 aliphatic carbocycles. The van der Waals surface area contributed by atoms with Gasteiger partial charge in [-0.05, 0) is 54.2 Å². The Kier molecular flexibility index (Phi) is 5.03. The van der Waals surface area contributed by atoms with Crippen molar-refractivity contribution in [2.45, 2.75) is 19.5 Å². The molecule has 1 aliphatic heterocycles. The minimum atomic E-state index is -0.329. The summed E-state index contributed by atoms with van der Waals surface area (Å²) in [4.78, 5) is 29.6. The van der Waals surface area contributed by atoms with E-state index in [-0.39, 0.29) is 24.4 Å². The first kappa shape index (κ1) is 17.1. The van der Waals surface area contributed by atoms with Crippen molar-refractivity contribution in [3.63, 3.8) is 0 Å². The average Bonchev–Trinajstić information content (AvgIpc) is 2.97. The molecule has 1 aromatic carbocycles. The second-order valence-corrected chi connectivity index (χ2v) is 8.33. The number of para-hydroxylation sites is 2. The summed E-state index contributed by atoms with van der Waals surface area (Å²) in [6.45, 7) is 2.61. The molecule has 5 nitrogen and oxygen atoms in total. The van der Waals surface area contributed by atoms with Crippen molar-refractivity contribution in [3.8, 4) is 0 Å². The van der Waals surface area contributed by atoms with Crippen molar-refractivity contribution in [3.05, 3.63) is 45.1 Å². The SMILES string of the molecule is C[C@@H](C(=O)N1CC(=O)Nc2ccccc21)N(C)Cc1ccc(Br)s1. The topological polar surface area (TPSA) is 52.7 Å². The molecule has 0 bridgehead atoms. The number of likely N-dealkylation sites (N-methyl/N-ethyl adjacent to an activating group) is 1. The lowest BCUT2D eigenvalue weighted by molar-refractivity contribution is -0.125. The molecule has 1 atom stereocenters. The van der Waals surface area contributed by atoms with Gasteiger partial charge in [0, 0.05) is 11.4 Å². The fourth-order valence-electron chi connectivity index (χ4n) is 2.66. The fourth-order valence-corrected chi connectivity index (χ4v) is 4.21. The molecule has 1 aliphatic rings. The summed E-state index contributed by atoms with van der Waals surface area (Å²) >= 11 is 5.11. The Balaban J connectivity index is 1.77. The zero-order valence-electron chi connectivity index (χ0n) is 13.5. The van der Waals surface area contributed by atoms with Crippen molar-refractivity contribution in [2.24, 2.45) is 0 Å². The maximum absolute atomic E-state index is 12.9. The number of hydrogen-bond donors (Lipinski definition) is 1. The normalized spacial score (nSPS) is 15.2. The molecule has 2 amide bonds. The van der Waals surface area contributed by atoms with Crippen LogP contribution in [0.4, 0.5) is 11.4 Å². The smallest absolute Gasteiger partial charge is 0.244 e. The highest BCUT2D eigenvalue weighted by molar-refractivity contribution is 9.11. The van der Waals surface area contributed by atoms with Gasteiger partial charge in [-0.3, -0.25) is 19.4 Å². The maximum Gasteiger partial charge on any atom is 0.244 e. The molecule has 0 saturated heterocycles. The maximum atomic E-state index is 12.9. The van der Waals surface area contributed by atoms with Crippen LogP contribution in [0.3, 0.4) is 0 Å². The number of benzene rings is 1. The van der Waals surface area contributed by atoms with Gasteiger partial charge in [0.2, 0.25) is 11.8 Å². The van der Waals surface area contributed by atoms with Gasteiger partial charge < -0.3 is 5.32 Å². The highest BCUT2D eigenvalue weighted by atomic mass is 79.9. The van der Waals surface area contributed by atoms with E-state index in [1.807, 2.05) is 55.3 Å². The number of carbonyl (C=O) groups is 2. The van der Waals surface area contributed by atoms with Gasteiger partial charge in [0.1, 0.15) is 6.54 Å². The minimum absolute atomic E-state index is 0.0541. The summed E-state index contributed by atoms with van der Waals surface area (Å²) < 4.78 is 1.08. The largest absolute Gasteiger partial charge is 0.323 e. The summed E-state index contributed by atoms with van der Waals surface area (Å²) in [5.74, 6) is -0.241. The molecule has 126 valence electrons. The summed E-state index contributed by atoms with van der Waals surface area (Å²) in [5.41, 5.74) is 1.43. The van der Waals surface area contributed by atoms with Crippen molar-refractivity contribution >= 4 is 50.5 Å². The number of nitrogens with zero attached hydrogens (tertiary/aromatic N) is 2. The van der Waals surface area contributed by atoms with Crippen LogP contribution in [0.1, 0.15) is 11.8 Å². The number of anilines is 2. The highest BCUT2D eigenvalue weighted by Crippen LogP contribution is 2.30. The van der Waals surface area contributed by atoms with Crippen LogP contribution in [0.25, 0.3) is 0 Å². The number of thiophene rings is 1. The predicted molar refractivity (Wildman–Crippen MR) is 100 cm³/mol. The van der Waals surface area contributed by atoms with Gasteiger partial charge in [0.05, 0.1) is 21.2 Å². The fraction of sp³-hybridized carbons (Fsp3) is 0.294. The lowest BCUT2D eigenvalue weighted by Crippen LogP contribution is -2.50. The van der Waals surface area contributed by atoms with Crippen LogP contribution < -0.4 is 10.2 Å². The summed E-state index contributed by atoms with van der Waals surface area (Å²) in [6.07, 6.45) is 0. The molecule has 0 unspecified atom stereocenters. The molecule has 1 aromatic heterocycles. The number of hydrogen-bond acceptors (Lipinski definition) is 4. The Bertz CT molecular complexity index is 777. The first-order valence-electron chi connectivity index (χ1n) is 7.60. The van der Waals surface area contributed by atoms with Crippen LogP contribution in [0, 0.1) is 0 Å². The van der Waals surface area contributed by atoms with E-state index in [0.29, 0.717) is 12.2 Å². The molecule has 0 fully saturated rings. The van der Waals surface area contributed by atoms with Gasteiger partial charge in [-0.25, -0.2) is 0 Å². The van der Waals surface area contributed by atoms with E-state index in [9.17, 15) is 9.59 Å².